The van der Waals surface area contributed by atoms with Crippen molar-refractivity contribution in [3.63, 3.8) is 0 Å². The number of furan rings is 1. The highest BCUT2D eigenvalue weighted by Gasteiger charge is 2.25. The van der Waals surface area contributed by atoms with E-state index in [1.165, 1.54) is 6.26 Å². The molecule has 0 spiro atoms. The number of hydrogen-bond acceptors (Lipinski definition) is 4. The van der Waals surface area contributed by atoms with E-state index in [2.05, 4.69) is 21.4 Å². The number of nitrogens with zero attached hydrogens (tertiary/aromatic N) is 1. The van der Waals surface area contributed by atoms with Gasteiger partial charge in [0.1, 0.15) is 0 Å². The summed E-state index contributed by atoms with van der Waals surface area (Å²) < 4.78 is 34.5. The Morgan fingerprint density at radius 1 is 1.00 bits per heavy atom. The summed E-state index contributed by atoms with van der Waals surface area (Å²) in [4.78, 5) is 0. The summed E-state index contributed by atoms with van der Waals surface area (Å²) in [6, 6.07) is 19.2. The van der Waals surface area contributed by atoms with Gasteiger partial charge in [-0.2, -0.15) is 0 Å². The quantitative estimate of drug-likeness (QED) is 0.493. The fraction of sp³-hybridized carbons (Fsp3) is 0.238. The standard InChI is InChI=1S/C21H22N2O4S/c1-15(28(25,26)22-21-11-6-12-27-21)13-16(24)14-23-19-9-4-2-7-17(19)18-8-3-5-10-20(18)23/h2-12,15-16,22,24H,13-14H2,1H3. The fourth-order valence-electron chi connectivity index (χ4n) is 3.57. The minimum absolute atomic E-state index is 0.108. The lowest BCUT2D eigenvalue weighted by Gasteiger charge is -2.19. The summed E-state index contributed by atoms with van der Waals surface area (Å²) in [5.74, 6) is 0.170. The SMILES string of the molecule is CC(CC(O)Cn1c2ccccc2c2ccccc21)S(=O)(=O)Nc1ccco1. The number of aromatic nitrogens is 1. The smallest absolute Gasteiger partial charge is 0.237 e. The summed E-state index contributed by atoms with van der Waals surface area (Å²) in [7, 11) is -3.66. The van der Waals surface area contributed by atoms with Gasteiger partial charge < -0.3 is 14.1 Å². The first-order valence-corrected chi connectivity index (χ1v) is 10.7. The molecule has 0 fully saturated rings. The number of aliphatic hydroxyl groups excluding tert-OH is 1. The maximum absolute atomic E-state index is 12.5. The van der Waals surface area contributed by atoms with Gasteiger partial charge in [-0.15, -0.1) is 0 Å². The number of sulfonamides is 1. The zero-order valence-corrected chi connectivity index (χ0v) is 16.3. The van der Waals surface area contributed by atoms with E-state index in [-0.39, 0.29) is 12.3 Å². The summed E-state index contributed by atoms with van der Waals surface area (Å²) in [6.07, 6.45) is 0.693. The molecular formula is C21H22N2O4S. The van der Waals surface area contributed by atoms with Gasteiger partial charge >= 0.3 is 0 Å². The molecule has 0 saturated carbocycles. The molecule has 28 heavy (non-hydrogen) atoms. The van der Waals surface area contributed by atoms with E-state index in [4.69, 9.17) is 4.42 Å². The first-order chi connectivity index (χ1) is 13.5. The van der Waals surface area contributed by atoms with Crippen LogP contribution < -0.4 is 4.72 Å². The van der Waals surface area contributed by atoms with Crippen LogP contribution in [0.2, 0.25) is 0 Å². The van der Waals surface area contributed by atoms with Crippen molar-refractivity contribution in [3.8, 4) is 0 Å². The lowest BCUT2D eigenvalue weighted by atomic mass is 10.2. The van der Waals surface area contributed by atoms with Crippen molar-refractivity contribution in [3.05, 3.63) is 66.9 Å². The number of fused-ring (bicyclic) bond motifs is 3. The number of anilines is 1. The van der Waals surface area contributed by atoms with Gasteiger partial charge in [-0.3, -0.25) is 4.72 Å². The lowest BCUT2D eigenvalue weighted by molar-refractivity contribution is 0.147. The third-order valence-electron chi connectivity index (χ3n) is 4.97. The van der Waals surface area contributed by atoms with Gasteiger partial charge in [0.25, 0.3) is 0 Å². The maximum Gasteiger partial charge on any atom is 0.237 e. The molecule has 2 N–H and O–H groups in total. The molecule has 0 saturated heterocycles. The Kier molecular flexibility index (Phi) is 4.87. The Hall–Kier alpha value is -2.77. The van der Waals surface area contributed by atoms with Gasteiger partial charge in [-0.25, -0.2) is 8.42 Å². The molecule has 2 unspecified atom stereocenters. The predicted octanol–water partition coefficient (Wildman–Crippen LogP) is 3.97. The van der Waals surface area contributed by atoms with Crippen LogP contribution in [0.15, 0.2) is 71.3 Å². The fourth-order valence-corrected chi connectivity index (χ4v) is 4.65. The van der Waals surface area contributed by atoms with Crippen molar-refractivity contribution >= 4 is 37.7 Å². The molecule has 0 radical (unpaired) electrons. The van der Waals surface area contributed by atoms with E-state index in [1.807, 2.05) is 36.4 Å². The molecule has 2 aromatic carbocycles. The molecule has 7 heteroatoms. The second-order valence-corrected chi connectivity index (χ2v) is 9.07. The van der Waals surface area contributed by atoms with Crippen molar-refractivity contribution < 1.29 is 17.9 Å². The van der Waals surface area contributed by atoms with Crippen LogP contribution in [0.4, 0.5) is 5.88 Å². The summed E-state index contributed by atoms with van der Waals surface area (Å²) in [5, 5.41) is 12.1. The van der Waals surface area contributed by atoms with E-state index in [0.717, 1.165) is 21.8 Å². The first kappa shape index (κ1) is 18.6. The molecular weight excluding hydrogens is 376 g/mol. The third-order valence-corrected chi connectivity index (χ3v) is 6.71. The van der Waals surface area contributed by atoms with Gasteiger partial charge in [-0.05, 0) is 31.5 Å². The number of para-hydroxylation sites is 2. The molecule has 0 aliphatic carbocycles. The monoisotopic (exact) mass is 398 g/mol. The van der Waals surface area contributed by atoms with Crippen molar-refractivity contribution in [2.24, 2.45) is 0 Å². The Balaban J connectivity index is 1.56. The number of benzene rings is 2. The average Bonchev–Trinajstić information content (AvgIpc) is 3.28. The predicted molar refractivity (Wildman–Crippen MR) is 111 cm³/mol. The normalized spacial score (nSPS) is 14.4. The summed E-state index contributed by atoms with van der Waals surface area (Å²) in [5.41, 5.74) is 2.04. The van der Waals surface area contributed by atoms with Crippen LogP contribution >= 0.6 is 0 Å². The van der Waals surface area contributed by atoms with Crippen molar-refractivity contribution in [2.75, 3.05) is 4.72 Å². The van der Waals surface area contributed by atoms with Crippen LogP contribution in [0.3, 0.4) is 0 Å². The van der Waals surface area contributed by atoms with Crippen molar-refractivity contribution in [1.82, 2.24) is 4.57 Å². The zero-order valence-electron chi connectivity index (χ0n) is 15.4. The maximum atomic E-state index is 12.5. The van der Waals surface area contributed by atoms with Gasteiger partial charge in [0, 0.05) is 34.4 Å². The second-order valence-electron chi connectivity index (χ2n) is 6.97. The topological polar surface area (TPSA) is 84.5 Å². The molecule has 0 aliphatic heterocycles. The first-order valence-electron chi connectivity index (χ1n) is 9.15. The molecule has 6 nitrogen and oxygen atoms in total. The van der Waals surface area contributed by atoms with E-state index in [9.17, 15) is 13.5 Å². The molecule has 0 bridgehead atoms. The summed E-state index contributed by atoms with van der Waals surface area (Å²) >= 11 is 0. The Labute approximate surface area is 163 Å². The Morgan fingerprint density at radius 3 is 2.18 bits per heavy atom. The average molecular weight is 398 g/mol. The van der Waals surface area contributed by atoms with Crippen LogP contribution in [0.1, 0.15) is 13.3 Å². The number of aliphatic hydroxyl groups is 1. The van der Waals surface area contributed by atoms with Gasteiger partial charge in [0.05, 0.1) is 17.6 Å². The van der Waals surface area contributed by atoms with Crippen LogP contribution in [0, 0.1) is 0 Å². The van der Waals surface area contributed by atoms with Crippen LogP contribution in [-0.4, -0.2) is 29.4 Å². The van der Waals surface area contributed by atoms with E-state index < -0.39 is 21.4 Å². The van der Waals surface area contributed by atoms with Crippen LogP contribution in [0.5, 0.6) is 0 Å². The van der Waals surface area contributed by atoms with Gasteiger partial charge in [0.15, 0.2) is 0 Å². The molecule has 4 aromatic rings. The molecule has 0 aliphatic rings. The Bertz CT molecular complexity index is 1140. The molecule has 2 aromatic heterocycles. The highest BCUT2D eigenvalue weighted by molar-refractivity contribution is 7.93. The van der Waals surface area contributed by atoms with Crippen LogP contribution in [0.25, 0.3) is 21.8 Å². The van der Waals surface area contributed by atoms with Gasteiger partial charge in [0.2, 0.25) is 15.9 Å². The number of hydrogen-bond donors (Lipinski definition) is 2. The van der Waals surface area contributed by atoms with Gasteiger partial charge in [-0.1, -0.05) is 36.4 Å². The highest BCUT2D eigenvalue weighted by Crippen LogP contribution is 2.29. The molecule has 2 heterocycles. The lowest BCUT2D eigenvalue weighted by Crippen LogP contribution is -2.30. The van der Waals surface area contributed by atoms with Crippen LogP contribution in [-0.2, 0) is 16.6 Å². The molecule has 2 atom stereocenters. The number of rotatable bonds is 7. The molecule has 0 amide bonds. The van der Waals surface area contributed by atoms with E-state index in [0.29, 0.717) is 6.54 Å². The number of nitrogens with one attached hydrogen (secondary N) is 1. The van der Waals surface area contributed by atoms with Crippen molar-refractivity contribution in [2.45, 2.75) is 31.2 Å². The zero-order chi connectivity index (χ0) is 19.7. The largest absolute Gasteiger partial charge is 0.448 e. The minimum atomic E-state index is -3.66. The molecule has 4 rings (SSSR count). The molecule has 146 valence electrons. The van der Waals surface area contributed by atoms with E-state index in [1.54, 1.807) is 19.1 Å². The Morgan fingerprint density at radius 2 is 1.61 bits per heavy atom. The third kappa shape index (κ3) is 3.50. The minimum Gasteiger partial charge on any atom is -0.448 e. The summed E-state index contributed by atoms with van der Waals surface area (Å²) in [6.45, 7) is 1.90. The van der Waals surface area contributed by atoms with Crippen molar-refractivity contribution in [1.29, 1.82) is 0 Å². The highest BCUT2D eigenvalue weighted by atomic mass is 32.2. The second kappa shape index (κ2) is 7.33. The van der Waals surface area contributed by atoms with E-state index >= 15 is 0 Å².